The number of thiophene rings is 1. The van der Waals surface area contributed by atoms with Crippen LogP contribution in [0.3, 0.4) is 0 Å². The number of fused-ring (bicyclic) bond motifs is 1. The molecule has 0 spiro atoms. The van der Waals surface area contributed by atoms with E-state index in [1.807, 2.05) is 48.7 Å². The maximum Gasteiger partial charge on any atom is 0.257 e. The maximum absolute atomic E-state index is 12.7. The molecule has 4 rings (SSSR count). The van der Waals surface area contributed by atoms with Gasteiger partial charge in [-0.25, -0.2) is 4.98 Å². The fourth-order valence-electron chi connectivity index (χ4n) is 2.73. The molecule has 4 aromatic rings. The van der Waals surface area contributed by atoms with Crippen LogP contribution >= 0.6 is 22.7 Å². The van der Waals surface area contributed by atoms with Gasteiger partial charge in [-0.3, -0.25) is 4.79 Å². The summed E-state index contributed by atoms with van der Waals surface area (Å²) >= 11 is 3.10. The SMILES string of the molecule is CCCN(Cc1nnc(-c2cccs2)o1)C(=O)/C=C/c1nc2ccccc2s1. The molecule has 0 saturated carbocycles. The molecular weight excluding hydrogens is 392 g/mol. The fraction of sp³-hybridized carbons (Fsp3) is 0.200. The normalized spacial score (nSPS) is 11.5. The first-order chi connectivity index (χ1) is 13.7. The van der Waals surface area contributed by atoms with Crippen molar-refractivity contribution in [2.75, 3.05) is 6.54 Å². The predicted octanol–water partition coefficient (Wildman–Crippen LogP) is 4.86. The van der Waals surface area contributed by atoms with Crippen LogP contribution in [0.1, 0.15) is 24.2 Å². The van der Waals surface area contributed by atoms with Crippen molar-refractivity contribution in [1.29, 1.82) is 0 Å². The van der Waals surface area contributed by atoms with E-state index in [1.54, 1.807) is 28.4 Å². The highest BCUT2D eigenvalue weighted by molar-refractivity contribution is 7.19. The van der Waals surface area contributed by atoms with E-state index in [4.69, 9.17) is 4.42 Å². The predicted molar refractivity (Wildman–Crippen MR) is 112 cm³/mol. The molecule has 0 N–H and O–H groups in total. The first-order valence-corrected chi connectivity index (χ1v) is 10.6. The number of para-hydroxylation sites is 1. The van der Waals surface area contributed by atoms with Crippen molar-refractivity contribution < 1.29 is 9.21 Å². The molecule has 0 bridgehead atoms. The lowest BCUT2D eigenvalue weighted by Crippen LogP contribution is -2.29. The van der Waals surface area contributed by atoms with E-state index in [9.17, 15) is 4.79 Å². The number of thiazole rings is 1. The number of hydrogen-bond donors (Lipinski definition) is 0. The summed E-state index contributed by atoms with van der Waals surface area (Å²) in [5.41, 5.74) is 0.942. The van der Waals surface area contributed by atoms with Gasteiger partial charge in [0.05, 0.1) is 21.6 Å². The number of amides is 1. The Bertz CT molecular complexity index is 1070. The summed E-state index contributed by atoms with van der Waals surface area (Å²) in [4.78, 5) is 19.8. The van der Waals surface area contributed by atoms with Crippen LogP contribution < -0.4 is 0 Å². The lowest BCUT2D eigenvalue weighted by atomic mass is 10.3. The van der Waals surface area contributed by atoms with Gasteiger partial charge in [0.25, 0.3) is 5.89 Å². The highest BCUT2D eigenvalue weighted by Crippen LogP contribution is 2.24. The summed E-state index contributed by atoms with van der Waals surface area (Å²) in [7, 11) is 0. The van der Waals surface area contributed by atoms with Crippen LogP contribution in [0.25, 0.3) is 27.1 Å². The Morgan fingerprint density at radius 2 is 2.11 bits per heavy atom. The van der Waals surface area contributed by atoms with E-state index in [0.29, 0.717) is 18.3 Å². The first kappa shape index (κ1) is 18.5. The second kappa shape index (κ2) is 8.45. The average molecular weight is 411 g/mol. The summed E-state index contributed by atoms with van der Waals surface area (Å²) < 4.78 is 6.82. The van der Waals surface area contributed by atoms with Gasteiger partial charge in [-0.15, -0.1) is 32.9 Å². The molecule has 0 radical (unpaired) electrons. The minimum Gasteiger partial charge on any atom is -0.418 e. The monoisotopic (exact) mass is 410 g/mol. The second-order valence-corrected chi connectivity index (χ2v) is 8.10. The third-order valence-corrected chi connectivity index (χ3v) is 5.87. The van der Waals surface area contributed by atoms with Crippen molar-refractivity contribution in [2.24, 2.45) is 0 Å². The Hall–Kier alpha value is -2.84. The van der Waals surface area contributed by atoms with Crippen LogP contribution in [0, 0.1) is 0 Å². The van der Waals surface area contributed by atoms with Crippen LogP contribution in [0.15, 0.2) is 52.3 Å². The molecule has 142 valence electrons. The number of carbonyl (C=O) groups excluding carboxylic acids is 1. The summed E-state index contributed by atoms with van der Waals surface area (Å²) in [6.07, 6.45) is 4.16. The van der Waals surface area contributed by atoms with Gasteiger partial charge in [-0.05, 0) is 36.1 Å². The summed E-state index contributed by atoms with van der Waals surface area (Å²) in [5.74, 6) is 0.814. The number of aromatic nitrogens is 3. The number of benzene rings is 1. The van der Waals surface area contributed by atoms with Crippen molar-refractivity contribution in [1.82, 2.24) is 20.1 Å². The smallest absolute Gasteiger partial charge is 0.257 e. The molecule has 0 aliphatic carbocycles. The lowest BCUT2D eigenvalue weighted by molar-refractivity contribution is -0.126. The maximum atomic E-state index is 12.7. The zero-order valence-corrected chi connectivity index (χ0v) is 16.9. The highest BCUT2D eigenvalue weighted by Gasteiger charge is 2.16. The van der Waals surface area contributed by atoms with Crippen LogP contribution in [0.2, 0.25) is 0 Å². The fourth-order valence-corrected chi connectivity index (χ4v) is 4.24. The zero-order chi connectivity index (χ0) is 19.3. The van der Waals surface area contributed by atoms with E-state index in [1.165, 1.54) is 11.3 Å². The molecule has 6 nitrogen and oxygen atoms in total. The molecule has 28 heavy (non-hydrogen) atoms. The van der Waals surface area contributed by atoms with E-state index in [-0.39, 0.29) is 12.5 Å². The molecular formula is C20H18N4O2S2. The van der Waals surface area contributed by atoms with Crippen molar-refractivity contribution in [2.45, 2.75) is 19.9 Å². The molecule has 0 aliphatic heterocycles. The highest BCUT2D eigenvalue weighted by atomic mass is 32.1. The van der Waals surface area contributed by atoms with Gasteiger partial charge in [0.2, 0.25) is 11.8 Å². The van der Waals surface area contributed by atoms with Gasteiger partial charge in [0.15, 0.2) is 0 Å². The quantitative estimate of drug-likeness (QED) is 0.407. The number of rotatable bonds is 7. The molecule has 8 heteroatoms. The van der Waals surface area contributed by atoms with Crippen molar-refractivity contribution in [3.05, 3.63) is 58.8 Å². The van der Waals surface area contributed by atoms with Crippen molar-refractivity contribution >= 4 is 44.9 Å². The van der Waals surface area contributed by atoms with Gasteiger partial charge < -0.3 is 9.32 Å². The van der Waals surface area contributed by atoms with E-state index >= 15 is 0 Å². The summed E-state index contributed by atoms with van der Waals surface area (Å²) in [6.45, 7) is 2.93. The van der Waals surface area contributed by atoms with Crippen LogP contribution in [0.5, 0.6) is 0 Å². The number of hydrogen-bond acceptors (Lipinski definition) is 7. The molecule has 3 aromatic heterocycles. The molecule has 1 amide bonds. The van der Waals surface area contributed by atoms with Gasteiger partial charge in [-0.2, -0.15) is 0 Å². The standard InChI is InChI=1S/C20H18N4O2S2/c1-2-11-24(13-17-22-23-20(26-17)16-8-5-12-27-16)19(25)10-9-18-21-14-6-3-4-7-15(14)28-18/h3-10,12H,2,11,13H2,1H3/b10-9+. The third-order valence-electron chi connectivity index (χ3n) is 4.01. The van der Waals surface area contributed by atoms with Crippen LogP contribution in [0.4, 0.5) is 0 Å². The Morgan fingerprint density at radius 3 is 2.89 bits per heavy atom. The minimum absolute atomic E-state index is 0.100. The molecule has 0 unspecified atom stereocenters. The van der Waals surface area contributed by atoms with Crippen LogP contribution in [-0.2, 0) is 11.3 Å². The van der Waals surface area contributed by atoms with Crippen molar-refractivity contribution in [3.8, 4) is 10.8 Å². The van der Waals surface area contributed by atoms with Crippen LogP contribution in [-0.4, -0.2) is 32.5 Å². The lowest BCUT2D eigenvalue weighted by Gasteiger charge is -2.18. The second-order valence-electron chi connectivity index (χ2n) is 6.09. The Morgan fingerprint density at radius 1 is 1.21 bits per heavy atom. The van der Waals surface area contributed by atoms with E-state index in [2.05, 4.69) is 15.2 Å². The van der Waals surface area contributed by atoms with Gasteiger partial charge >= 0.3 is 0 Å². The van der Waals surface area contributed by atoms with Gasteiger partial charge in [0.1, 0.15) is 5.01 Å². The van der Waals surface area contributed by atoms with E-state index in [0.717, 1.165) is 26.5 Å². The average Bonchev–Trinajstić information content (AvgIpc) is 3.45. The molecule has 0 atom stereocenters. The van der Waals surface area contributed by atoms with Gasteiger partial charge in [0, 0.05) is 12.6 Å². The molecule has 0 fully saturated rings. The number of nitrogens with zero attached hydrogens (tertiary/aromatic N) is 4. The molecule has 3 heterocycles. The largest absolute Gasteiger partial charge is 0.418 e. The van der Waals surface area contributed by atoms with E-state index < -0.39 is 0 Å². The first-order valence-electron chi connectivity index (χ1n) is 8.91. The number of carbonyl (C=O) groups is 1. The molecule has 0 saturated heterocycles. The topological polar surface area (TPSA) is 72.1 Å². The van der Waals surface area contributed by atoms with Gasteiger partial charge in [-0.1, -0.05) is 25.1 Å². The molecule has 1 aromatic carbocycles. The Labute approximate surface area is 170 Å². The minimum atomic E-state index is -0.100. The third kappa shape index (κ3) is 4.18. The summed E-state index contributed by atoms with van der Waals surface area (Å²) in [6, 6.07) is 11.8. The Kier molecular flexibility index (Phi) is 5.59. The Balaban J connectivity index is 1.46. The zero-order valence-electron chi connectivity index (χ0n) is 15.2. The molecule has 0 aliphatic rings. The van der Waals surface area contributed by atoms with Crippen molar-refractivity contribution in [3.63, 3.8) is 0 Å². The summed E-state index contributed by atoms with van der Waals surface area (Å²) in [5, 5.41) is 10.9.